The van der Waals surface area contributed by atoms with E-state index in [1.165, 1.54) is 0 Å². The van der Waals surface area contributed by atoms with Gasteiger partial charge in [0.2, 0.25) is 5.88 Å². The predicted octanol–water partition coefficient (Wildman–Crippen LogP) is 2.87. The zero-order valence-corrected chi connectivity index (χ0v) is 10.4. The highest BCUT2D eigenvalue weighted by Gasteiger charge is 2.04. The lowest BCUT2D eigenvalue weighted by Crippen LogP contribution is -2.07. The zero-order chi connectivity index (χ0) is 11.1. The molecule has 0 spiro atoms. The van der Waals surface area contributed by atoms with E-state index < -0.39 is 0 Å². The Balaban J connectivity index is 2.51. The standard InChI is InChI=1S/C10H14ClNO2S/c1-3-13-6-7-14-10-8(11)4-5-9(12-10)15-2/h4-5H,3,6-7H2,1-2H3. The first-order valence-electron chi connectivity index (χ1n) is 4.69. The summed E-state index contributed by atoms with van der Waals surface area (Å²) < 4.78 is 10.6. The van der Waals surface area contributed by atoms with Gasteiger partial charge in [0.15, 0.2) is 0 Å². The van der Waals surface area contributed by atoms with Crippen LogP contribution in [0.15, 0.2) is 17.2 Å². The summed E-state index contributed by atoms with van der Waals surface area (Å²) >= 11 is 7.48. The molecule has 0 atom stereocenters. The van der Waals surface area contributed by atoms with E-state index in [0.29, 0.717) is 30.7 Å². The normalized spacial score (nSPS) is 10.3. The molecule has 0 aliphatic rings. The van der Waals surface area contributed by atoms with Crippen molar-refractivity contribution in [1.82, 2.24) is 4.98 Å². The highest BCUT2D eigenvalue weighted by Crippen LogP contribution is 2.24. The molecular weight excluding hydrogens is 234 g/mol. The van der Waals surface area contributed by atoms with Crippen LogP contribution in [0.2, 0.25) is 5.02 Å². The number of halogens is 1. The molecule has 0 fully saturated rings. The van der Waals surface area contributed by atoms with Crippen LogP contribution < -0.4 is 4.74 Å². The highest BCUT2D eigenvalue weighted by molar-refractivity contribution is 7.98. The molecule has 0 radical (unpaired) electrons. The zero-order valence-electron chi connectivity index (χ0n) is 8.83. The van der Waals surface area contributed by atoms with E-state index in [9.17, 15) is 0 Å². The van der Waals surface area contributed by atoms with Crippen LogP contribution in [0.25, 0.3) is 0 Å². The fraction of sp³-hybridized carbons (Fsp3) is 0.500. The number of rotatable bonds is 6. The molecule has 1 aromatic heterocycles. The van der Waals surface area contributed by atoms with Gasteiger partial charge in [-0.2, -0.15) is 0 Å². The van der Waals surface area contributed by atoms with Gasteiger partial charge in [0.05, 0.1) is 11.6 Å². The van der Waals surface area contributed by atoms with Gasteiger partial charge in [-0.05, 0) is 25.3 Å². The molecule has 0 aromatic carbocycles. The van der Waals surface area contributed by atoms with Gasteiger partial charge in [0, 0.05) is 6.61 Å². The third-order valence-corrected chi connectivity index (χ3v) is 2.60. The number of thioether (sulfide) groups is 1. The van der Waals surface area contributed by atoms with Crippen molar-refractivity contribution in [2.75, 3.05) is 26.1 Å². The Bertz CT molecular complexity index is 309. The van der Waals surface area contributed by atoms with Crippen LogP contribution in [0, 0.1) is 0 Å². The highest BCUT2D eigenvalue weighted by atomic mass is 35.5. The molecule has 15 heavy (non-hydrogen) atoms. The quantitative estimate of drug-likeness (QED) is 0.572. The minimum atomic E-state index is 0.471. The number of aromatic nitrogens is 1. The molecule has 1 aromatic rings. The third-order valence-electron chi connectivity index (χ3n) is 1.67. The Kier molecular flexibility index (Phi) is 5.83. The molecule has 0 unspecified atom stereocenters. The third kappa shape index (κ3) is 4.28. The molecule has 0 aliphatic carbocycles. The van der Waals surface area contributed by atoms with Gasteiger partial charge in [-0.3, -0.25) is 0 Å². The fourth-order valence-corrected chi connectivity index (χ4v) is 1.50. The van der Waals surface area contributed by atoms with Gasteiger partial charge >= 0.3 is 0 Å². The molecule has 0 bridgehead atoms. The van der Waals surface area contributed by atoms with Crippen molar-refractivity contribution in [2.24, 2.45) is 0 Å². The first-order valence-corrected chi connectivity index (χ1v) is 6.29. The summed E-state index contributed by atoms with van der Waals surface area (Å²) in [6.07, 6.45) is 1.96. The summed E-state index contributed by atoms with van der Waals surface area (Å²) in [6.45, 7) is 3.66. The van der Waals surface area contributed by atoms with E-state index in [2.05, 4.69) is 4.98 Å². The van der Waals surface area contributed by atoms with Crippen LogP contribution in [0.5, 0.6) is 5.88 Å². The van der Waals surface area contributed by atoms with Crippen molar-refractivity contribution in [3.63, 3.8) is 0 Å². The number of pyridine rings is 1. The van der Waals surface area contributed by atoms with Crippen molar-refractivity contribution in [1.29, 1.82) is 0 Å². The Hall–Kier alpha value is -0.450. The largest absolute Gasteiger partial charge is 0.474 e. The second kappa shape index (κ2) is 6.93. The van der Waals surface area contributed by atoms with Gasteiger partial charge in [-0.15, -0.1) is 11.8 Å². The summed E-state index contributed by atoms with van der Waals surface area (Å²) in [5.74, 6) is 0.475. The van der Waals surface area contributed by atoms with Crippen LogP contribution >= 0.6 is 23.4 Å². The van der Waals surface area contributed by atoms with Crippen molar-refractivity contribution in [3.05, 3.63) is 17.2 Å². The summed E-state index contributed by atoms with van der Waals surface area (Å²) in [7, 11) is 0. The average Bonchev–Trinajstić information content (AvgIpc) is 2.26. The second-order valence-corrected chi connectivity index (χ2v) is 3.92. The monoisotopic (exact) mass is 247 g/mol. The SMILES string of the molecule is CCOCCOc1nc(SC)ccc1Cl. The van der Waals surface area contributed by atoms with Crippen molar-refractivity contribution >= 4 is 23.4 Å². The molecule has 1 rings (SSSR count). The van der Waals surface area contributed by atoms with E-state index in [0.717, 1.165) is 5.03 Å². The van der Waals surface area contributed by atoms with E-state index in [-0.39, 0.29) is 0 Å². The lowest BCUT2D eigenvalue weighted by atomic mass is 10.5. The van der Waals surface area contributed by atoms with Crippen LogP contribution in [0.1, 0.15) is 6.92 Å². The van der Waals surface area contributed by atoms with Crippen LogP contribution in [0.3, 0.4) is 0 Å². The van der Waals surface area contributed by atoms with Gasteiger partial charge in [-0.25, -0.2) is 4.98 Å². The van der Waals surface area contributed by atoms with Crippen molar-refractivity contribution in [3.8, 4) is 5.88 Å². The molecule has 84 valence electrons. The smallest absolute Gasteiger partial charge is 0.233 e. The topological polar surface area (TPSA) is 31.4 Å². The van der Waals surface area contributed by atoms with E-state index in [1.54, 1.807) is 17.8 Å². The van der Waals surface area contributed by atoms with Crippen molar-refractivity contribution < 1.29 is 9.47 Å². The predicted molar refractivity (Wildman–Crippen MR) is 63.0 cm³/mol. The lowest BCUT2D eigenvalue weighted by Gasteiger charge is -2.07. The maximum Gasteiger partial charge on any atom is 0.233 e. The maximum absolute atomic E-state index is 5.93. The van der Waals surface area contributed by atoms with Crippen LogP contribution in [0.4, 0.5) is 0 Å². The summed E-state index contributed by atoms with van der Waals surface area (Å²) in [4.78, 5) is 4.24. The second-order valence-electron chi connectivity index (χ2n) is 2.69. The first-order chi connectivity index (χ1) is 7.27. The molecule has 0 aliphatic heterocycles. The average molecular weight is 248 g/mol. The first kappa shape index (κ1) is 12.6. The number of hydrogen-bond acceptors (Lipinski definition) is 4. The Morgan fingerprint density at radius 3 is 2.87 bits per heavy atom. The van der Waals surface area contributed by atoms with Gasteiger partial charge in [0.1, 0.15) is 11.6 Å². The van der Waals surface area contributed by atoms with Gasteiger partial charge < -0.3 is 9.47 Å². The Labute approximate surface area is 99.1 Å². The number of nitrogens with zero attached hydrogens (tertiary/aromatic N) is 1. The van der Waals surface area contributed by atoms with Crippen LogP contribution in [-0.4, -0.2) is 31.1 Å². The maximum atomic E-state index is 5.93. The molecular formula is C10H14ClNO2S. The van der Waals surface area contributed by atoms with E-state index in [1.807, 2.05) is 19.2 Å². The number of hydrogen-bond donors (Lipinski definition) is 0. The fourth-order valence-electron chi connectivity index (χ4n) is 0.963. The van der Waals surface area contributed by atoms with E-state index in [4.69, 9.17) is 21.1 Å². The molecule has 3 nitrogen and oxygen atoms in total. The van der Waals surface area contributed by atoms with Crippen molar-refractivity contribution in [2.45, 2.75) is 11.9 Å². The Morgan fingerprint density at radius 2 is 2.20 bits per heavy atom. The summed E-state index contributed by atoms with van der Waals surface area (Å²) in [5, 5.41) is 1.43. The lowest BCUT2D eigenvalue weighted by molar-refractivity contribution is 0.108. The molecule has 0 saturated carbocycles. The molecule has 0 N–H and O–H groups in total. The van der Waals surface area contributed by atoms with E-state index >= 15 is 0 Å². The van der Waals surface area contributed by atoms with Gasteiger partial charge in [-0.1, -0.05) is 11.6 Å². The Morgan fingerprint density at radius 1 is 1.40 bits per heavy atom. The molecule has 0 saturated heterocycles. The summed E-state index contributed by atoms with van der Waals surface area (Å²) in [6, 6.07) is 3.65. The molecule has 5 heteroatoms. The van der Waals surface area contributed by atoms with Gasteiger partial charge in [0.25, 0.3) is 0 Å². The minimum Gasteiger partial charge on any atom is -0.474 e. The molecule has 1 heterocycles. The molecule has 0 amide bonds. The minimum absolute atomic E-state index is 0.471. The number of ether oxygens (including phenoxy) is 2. The van der Waals surface area contributed by atoms with Crippen LogP contribution in [-0.2, 0) is 4.74 Å². The summed E-state index contributed by atoms with van der Waals surface area (Å²) in [5.41, 5.74) is 0.